The van der Waals surface area contributed by atoms with Gasteiger partial charge in [-0.15, -0.1) is 0 Å². The number of nitrogens with zero attached hydrogens (tertiary/aromatic N) is 1. The van der Waals surface area contributed by atoms with Crippen molar-refractivity contribution in [2.24, 2.45) is 5.10 Å². The standard InChI is InChI=1S/C14H16F3N3O3/c1-9(19-20-13(22)8-23-2)6-12(21)18-11-5-3-4-10(7-11)14(15,16)17/h3-5,7H,6,8H2,1-2H3,(H,18,21)(H,20,22). The molecule has 1 aromatic carbocycles. The SMILES string of the molecule is COCC(=O)NN=C(C)CC(=O)Nc1cccc(C(F)(F)F)c1. The lowest BCUT2D eigenvalue weighted by Gasteiger charge is -2.10. The van der Waals surface area contributed by atoms with Gasteiger partial charge in [0.1, 0.15) is 6.61 Å². The van der Waals surface area contributed by atoms with Crippen molar-refractivity contribution in [3.63, 3.8) is 0 Å². The van der Waals surface area contributed by atoms with Gasteiger partial charge in [-0.05, 0) is 25.1 Å². The number of hydrogen-bond acceptors (Lipinski definition) is 4. The summed E-state index contributed by atoms with van der Waals surface area (Å²) in [6.07, 6.45) is -4.66. The van der Waals surface area contributed by atoms with Crippen LogP contribution in [0.5, 0.6) is 0 Å². The van der Waals surface area contributed by atoms with E-state index in [9.17, 15) is 22.8 Å². The summed E-state index contributed by atoms with van der Waals surface area (Å²) in [5.74, 6) is -1.03. The van der Waals surface area contributed by atoms with E-state index < -0.39 is 23.6 Å². The van der Waals surface area contributed by atoms with Crippen molar-refractivity contribution in [2.45, 2.75) is 19.5 Å². The van der Waals surface area contributed by atoms with Gasteiger partial charge in [-0.25, -0.2) is 5.43 Å². The van der Waals surface area contributed by atoms with Crippen molar-refractivity contribution < 1.29 is 27.5 Å². The molecule has 23 heavy (non-hydrogen) atoms. The van der Waals surface area contributed by atoms with E-state index in [4.69, 9.17) is 0 Å². The summed E-state index contributed by atoms with van der Waals surface area (Å²) < 4.78 is 42.3. The van der Waals surface area contributed by atoms with Crippen LogP contribution in [-0.2, 0) is 20.5 Å². The molecule has 6 nitrogen and oxygen atoms in total. The Morgan fingerprint density at radius 3 is 2.57 bits per heavy atom. The maximum absolute atomic E-state index is 12.6. The monoisotopic (exact) mass is 331 g/mol. The zero-order valence-corrected chi connectivity index (χ0v) is 12.5. The van der Waals surface area contributed by atoms with Crippen LogP contribution in [0.3, 0.4) is 0 Å². The average Bonchev–Trinajstić information content (AvgIpc) is 2.44. The van der Waals surface area contributed by atoms with E-state index in [0.29, 0.717) is 5.71 Å². The van der Waals surface area contributed by atoms with Crippen molar-refractivity contribution in [2.75, 3.05) is 19.0 Å². The number of rotatable bonds is 6. The van der Waals surface area contributed by atoms with Crippen molar-refractivity contribution in [3.05, 3.63) is 29.8 Å². The molecule has 0 bridgehead atoms. The molecule has 126 valence electrons. The Morgan fingerprint density at radius 2 is 1.96 bits per heavy atom. The molecule has 0 fully saturated rings. The van der Waals surface area contributed by atoms with Gasteiger partial charge in [0, 0.05) is 18.5 Å². The first-order valence-electron chi connectivity index (χ1n) is 6.50. The third-order valence-electron chi connectivity index (χ3n) is 2.54. The van der Waals surface area contributed by atoms with Gasteiger partial charge in [-0.3, -0.25) is 9.59 Å². The summed E-state index contributed by atoms with van der Waals surface area (Å²) in [5, 5.41) is 6.02. The predicted molar refractivity (Wildman–Crippen MR) is 77.8 cm³/mol. The van der Waals surface area contributed by atoms with Crippen LogP contribution in [-0.4, -0.2) is 31.2 Å². The molecule has 2 amide bonds. The van der Waals surface area contributed by atoms with Gasteiger partial charge in [-0.1, -0.05) is 6.07 Å². The van der Waals surface area contributed by atoms with Gasteiger partial charge in [0.15, 0.2) is 0 Å². The van der Waals surface area contributed by atoms with Crippen LogP contribution in [0.2, 0.25) is 0 Å². The van der Waals surface area contributed by atoms with E-state index in [-0.39, 0.29) is 18.7 Å². The van der Waals surface area contributed by atoms with E-state index in [1.54, 1.807) is 0 Å². The van der Waals surface area contributed by atoms with Gasteiger partial charge in [-0.2, -0.15) is 18.3 Å². The highest BCUT2D eigenvalue weighted by atomic mass is 19.4. The van der Waals surface area contributed by atoms with Crippen molar-refractivity contribution in [1.82, 2.24) is 5.43 Å². The van der Waals surface area contributed by atoms with Crippen molar-refractivity contribution in [3.8, 4) is 0 Å². The second-order valence-corrected chi connectivity index (χ2v) is 4.62. The number of hydrogen-bond donors (Lipinski definition) is 2. The molecule has 0 aliphatic heterocycles. The van der Waals surface area contributed by atoms with Crippen LogP contribution >= 0.6 is 0 Å². The Balaban J connectivity index is 2.60. The van der Waals surface area contributed by atoms with Gasteiger partial charge < -0.3 is 10.1 Å². The smallest absolute Gasteiger partial charge is 0.375 e. The minimum atomic E-state index is -4.48. The molecule has 0 aromatic heterocycles. The number of methoxy groups -OCH3 is 1. The lowest BCUT2D eigenvalue weighted by molar-refractivity contribution is -0.137. The number of amides is 2. The number of anilines is 1. The molecular weight excluding hydrogens is 315 g/mol. The maximum Gasteiger partial charge on any atom is 0.416 e. The zero-order chi connectivity index (χ0) is 17.5. The maximum atomic E-state index is 12.6. The number of halogens is 3. The topological polar surface area (TPSA) is 79.8 Å². The molecule has 0 saturated heterocycles. The van der Waals surface area contributed by atoms with Crippen LogP contribution in [0.25, 0.3) is 0 Å². The first kappa shape index (κ1) is 18.6. The molecule has 0 spiro atoms. The van der Waals surface area contributed by atoms with Crippen LogP contribution < -0.4 is 10.7 Å². The predicted octanol–water partition coefficient (Wildman–Crippen LogP) is 2.17. The normalized spacial score (nSPS) is 12.0. The van der Waals surface area contributed by atoms with E-state index in [1.165, 1.54) is 26.2 Å². The Morgan fingerprint density at radius 1 is 1.26 bits per heavy atom. The zero-order valence-electron chi connectivity index (χ0n) is 12.5. The summed E-state index contributed by atoms with van der Waals surface area (Å²) in [7, 11) is 1.35. The number of nitrogens with one attached hydrogen (secondary N) is 2. The summed E-state index contributed by atoms with van der Waals surface area (Å²) in [4.78, 5) is 22.8. The van der Waals surface area contributed by atoms with Crippen LogP contribution in [0, 0.1) is 0 Å². The molecule has 0 heterocycles. The number of carbonyl (C=O) groups excluding carboxylic acids is 2. The summed E-state index contributed by atoms with van der Waals surface area (Å²) in [6.45, 7) is 1.33. The number of carbonyl (C=O) groups is 2. The number of ether oxygens (including phenoxy) is 1. The molecule has 1 rings (SSSR count). The van der Waals surface area contributed by atoms with Gasteiger partial charge in [0.25, 0.3) is 5.91 Å². The molecule has 9 heteroatoms. The second-order valence-electron chi connectivity index (χ2n) is 4.62. The first-order chi connectivity index (χ1) is 10.7. The minimum absolute atomic E-state index is 0.0287. The van der Waals surface area contributed by atoms with Gasteiger partial charge in [0.05, 0.1) is 12.0 Å². The Labute approximate surface area is 130 Å². The lowest BCUT2D eigenvalue weighted by Crippen LogP contribution is -2.24. The first-order valence-corrected chi connectivity index (χ1v) is 6.50. The second kappa shape index (κ2) is 8.28. The van der Waals surface area contributed by atoms with E-state index in [2.05, 4.69) is 20.6 Å². The third-order valence-corrected chi connectivity index (χ3v) is 2.54. The highest BCUT2D eigenvalue weighted by molar-refractivity contribution is 6.05. The van der Waals surface area contributed by atoms with Crippen molar-refractivity contribution >= 4 is 23.2 Å². The Hall–Kier alpha value is -2.42. The molecule has 0 unspecified atom stereocenters. The largest absolute Gasteiger partial charge is 0.416 e. The molecule has 0 radical (unpaired) electrons. The van der Waals surface area contributed by atoms with Crippen LogP contribution in [0.4, 0.5) is 18.9 Å². The van der Waals surface area contributed by atoms with Crippen LogP contribution in [0.1, 0.15) is 18.9 Å². The minimum Gasteiger partial charge on any atom is -0.375 e. The molecule has 0 aliphatic rings. The number of benzene rings is 1. The molecule has 0 atom stereocenters. The van der Waals surface area contributed by atoms with Crippen molar-refractivity contribution in [1.29, 1.82) is 0 Å². The number of hydrazone groups is 1. The average molecular weight is 331 g/mol. The molecule has 1 aromatic rings. The fraction of sp³-hybridized carbons (Fsp3) is 0.357. The van der Waals surface area contributed by atoms with Gasteiger partial charge >= 0.3 is 6.18 Å². The van der Waals surface area contributed by atoms with Crippen LogP contribution in [0.15, 0.2) is 29.4 Å². The highest BCUT2D eigenvalue weighted by Gasteiger charge is 2.30. The quantitative estimate of drug-likeness (QED) is 0.619. The number of alkyl halides is 3. The third kappa shape index (κ3) is 6.92. The fourth-order valence-corrected chi connectivity index (χ4v) is 1.57. The van der Waals surface area contributed by atoms with E-state index in [0.717, 1.165) is 12.1 Å². The molecule has 0 saturated carbocycles. The summed E-state index contributed by atoms with van der Waals surface area (Å²) in [6, 6.07) is 4.29. The summed E-state index contributed by atoms with van der Waals surface area (Å²) >= 11 is 0. The molecule has 0 aliphatic carbocycles. The van der Waals surface area contributed by atoms with E-state index >= 15 is 0 Å². The summed E-state index contributed by atoms with van der Waals surface area (Å²) in [5.41, 5.74) is 1.64. The molecule has 2 N–H and O–H groups in total. The highest BCUT2D eigenvalue weighted by Crippen LogP contribution is 2.30. The lowest BCUT2D eigenvalue weighted by atomic mass is 10.2. The van der Waals surface area contributed by atoms with E-state index in [1.807, 2.05) is 0 Å². The fourth-order valence-electron chi connectivity index (χ4n) is 1.57. The molecular formula is C14H16F3N3O3. The Bertz CT molecular complexity index is 600. The Kier molecular flexibility index (Phi) is 6.70. The van der Waals surface area contributed by atoms with Gasteiger partial charge in [0.2, 0.25) is 5.91 Å².